The third-order valence-electron chi connectivity index (χ3n) is 4.04. The molecule has 0 atom stereocenters. The van der Waals surface area contributed by atoms with Gasteiger partial charge in [0.05, 0.1) is 12.7 Å². The lowest BCUT2D eigenvalue weighted by Crippen LogP contribution is -2.39. The molecule has 8 heteroatoms. The summed E-state index contributed by atoms with van der Waals surface area (Å²) >= 11 is 0. The van der Waals surface area contributed by atoms with Crippen molar-refractivity contribution in [2.24, 2.45) is 4.99 Å². The Morgan fingerprint density at radius 2 is 2.12 bits per heavy atom. The van der Waals surface area contributed by atoms with Gasteiger partial charge in [-0.15, -0.1) is 24.0 Å². The summed E-state index contributed by atoms with van der Waals surface area (Å²) in [6.07, 6.45) is 6.62. The lowest BCUT2D eigenvalue weighted by Gasteiger charge is -2.11. The fraction of sp³-hybridized carbons (Fsp3) is 0.333. The summed E-state index contributed by atoms with van der Waals surface area (Å²) in [6, 6.07) is 4.82. The molecular weight excluding hydrogens is 446 g/mol. The van der Waals surface area contributed by atoms with Crippen molar-refractivity contribution < 1.29 is 4.39 Å². The number of guanidine groups is 1. The smallest absolute Gasteiger partial charge is 0.191 e. The van der Waals surface area contributed by atoms with Gasteiger partial charge in [-0.1, -0.05) is 0 Å². The van der Waals surface area contributed by atoms with Crippen LogP contribution < -0.4 is 10.6 Å². The van der Waals surface area contributed by atoms with E-state index in [1.165, 1.54) is 12.1 Å². The van der Waals surface area contributed by atoms with Gasteiger partial charge in [0.1, 0.15) is 5.82 Å². The molecule has 0 radical (unpaired) electrons. The van der Waals surface area contributed by atoms with Gasteiger partial charge in [-0.25, -0.2) is 4.39 Å². The summed E-state index contributed by atoms with van der Waals surface area (Å²) in [6.45, 7) is 4.29. The first-order chi connectivity index (χ1) is 12.2. The van der Waals surface area contributed by atoms with Crippen molar-refractivity contribution in [2.45, 2.75) is 19.9 Å². The Hall–Kier alpha value is -2.10. The number of halogens is 2. The first kappa shape index (κ1) is 20.2. The highest BCUT2D eigenvalue weighted by Gasteiger charge is 2.05. The number of H-pyrrole nitrogens is 1. The first-order valence-corrected chi connectivity index (χ1v) is 8.35. The summed E-state index contributed by atoms with van der Waals surface area (Å²) in [5.41, 5.74) is 3.14. The van der Waals surface area contributed by atoms with Crippen LogP contribution in [-0.4, -0.2) is 40.9 Å². The zero-order valence-electron chi connectivity index (χ0n) is 14.9. The topological polar surface area (TPSA) is 70.0 Å². The van der Waals surface area contributed by atoms with Crippen molar-refractivity contribution in [3.05, 3.63) is 53.7 Å². The van der Waals surface area contributed by atoms with Crippen LogP contribution in [0.25, 0.3) is 10.9 Å². The molecular formula is C18H24FIN6. The van der Waals surface area contributed by atoms with Crippen LogP contribution in [0.2, 0.25) is 0 Å². The molecule has 0 bridgehead atoms. The number of aromatic nitrogens is 3. The van der Waals surface area contributed by atoms with Crippen LogP contribution in [0.3, 0.4) is 0 Å². The van der Waals surface area contributed by atoms with E-state index in [-0.39, 0.29) is 29.8 Å². The molecule has 2 aromatic heterocycles. The van der Waals surface area contributed by atoms with E-state index in [1.54, 1.807) is 7.05 Å². The predicted octanol–water partition coefficient (Wildman–Crippen LogP) is 2.84. The van der Waals surface area contributed by atoms with Crippen molar-refractivity contribution in [3.63, 3.8) is 0 Å². The number of benzene rings is 1. The van der Waals surface area contributed by atoms with E-state index in [9.17, 15) is 4.39 Å². The number of fused-ring (bicyclic) bond motifs is 1. The Morgan fingerprint density at radius 1 is 1.31 bits per heavy atom. The maximum absolute atomic E-state index is 13.2. The second kappa shape index (κ2) is 9.56. The van der Waals surface area contributed by atoms with Crippen LogP contribution in [0.5, 0.6) is 0 Å². The van der Waals surface area contributed by atoms with E-state index in [4.69, 9.17) is 0 Å². The number of aryl methyl sites for hydroxylation is 1. The Bertz CT molecular complexity index is 870. The Kier molecular flexibility index (Phi) is 7.43. The van der Waals surface area contributed by atoms with E-state index in [1.807, 2.05) is 36.3 Å². The van der Waals surface area contributed by atoms with Crippen LogP contribution >= 0.6 is 24.0 Å². The molecule has 0 aliphatic carbocycles. The van der Waals surface area contributed by atoms with Crippen LogP contribution in [0, 0.1) is 12.7 Å². The van der Waals surface area contributed by atoms with E-state index in [0.717, 1.165) is 54.0 Å². The average molecular weight is 470 g/mol. The largest absolute Gasteiger partial charge is 0.361 e. The van der Waals surface area contributed by atoms with Crippen molar-refractivity contribution in [3.8, 4) is 0 Å². The van der Waals surface area contributed by atoms with Gasteiger partial charge in [-0.05, 0) is 42.7 Å². The van der Waals surface area contributed by atoms with Crippen LogP contribution in [-0.2, 0) is 13.0 Å². The highest BCUT2D eigenvalue weighted by molar-refractivity contribution is 14.0. The SMILES string of the molecule is CN=C(NCCc1c[nH]c2cc(F)ccc12)NCCn1cc(C)cn1.I. The summed E-state index contributed by atoms with van der Waals surface area (Å²) in [5.74, 6) is 0.533. The summed E-state index contributed by atoms with van der Waals surface area (Å²) in [4.78, 5) is 7.34. The van der Waals surface area contributed by atoms with Gasteiger partial charge >= 0.3 is 0 Å². The van der Waals surface area contributed by atoms with Crippen LogP contribution in [0.1, 0.15) is 11.1 Å². The minimum atomic E-state index is -0.226. The maximum Gasteiger partial charge on any atom is 0.191 e. The lowest BCUT2D eigenvalue weighted by atomic mass is 10.1. The molecule has 140 valence electrons. The normalized spacial score (nSPS) is 11.4. The van der Waals surface area contributed by atoms with Gasteiger partial charge in [0.2, 0.25) is 0 Å². The first-order valence-electron chi connectivity index (χ1n) is 8.35. The second-order valence-electron chi connectivity index (χ2n) is 5.96. The lowest BCUT2D eigenvalue weighted by molar-refractivity contribution is 0.597. The van der Waals surface area contributed by atoms with Crippen molar-refractivity contribution in [2.75, 3.05) is 20.1 Å². The maximum atomic E-state index is 13.2. The summed E-state index contributed by atoms with van der Waals surface area (Å²) in [7, 11) is 1.75. The standard InChI is InChI=1S/C18H23FN6.HI/c1-13-10-24-25(12-13)8-7-22-18(20-2)21-6-5-14-11-23-17-9-15(19)3-4-16(14)17;/h3-4,9-12,23H,5-8H2,1-2H3,(H2,20,21,22);1H. The van der Waals surface area contributed by atoms with Gasteiger partial charge in [-0.2, -0.15) is 5.10 Å². The fourth-order valence-corrected chi connectivity index (χ4v) is 2.78. The molecule has 0 saturated heterocycles. The van der Waals surface area contributed by atoms with E-state index < -0.39 is 0 Å². The fourth-order valence-electron chi connectivity index (χ4n) is 2.78. The van der Waals surface area contributed by atoms with E-state index >= 15 is 0 Å². The van der Waals surface area contributed by atoms with E-state index in [0.29, 0.717) is 0 Å². The molecule has 0 fully saturated rings. The molecule has 26 heavy (non-hydrogen) atoms. The van der Waals surface area contributed by atoms with Gasteiger partial charge in [0.15, 0.2) is 5.96 Å². The Morgan fingerprint density at radius 3 is 2.85 bits per heavy atom. The molecule has 3 rings (SSSR count). The monoisotopic (exact) mass is 470 g/mol. The number of nitrogens with zero attached hydrogens (tertiary/aromatic N) is 3. The number of hydrogen-bond acceptors (Lipinski definition) is 2. The number of rotatable bonds is 6. The zero-order valence-corrected chi connectivity index (χ0v) is 17.3. The average Bonchev–Trinajstić information content (AvgIpc) is 3.19. The van der Waals surface area contributed by atoms with Crippen molar-refractivity contribution in [1.29, 1.82) is 0 Å². The molecule has 0 unspecified atom stereocenters. The quantitative estimate of drug-likeness (QED) is 0.295. The summed E-state index contributed by atoms with van der Waals surface area (Å²) in [5, 5.41) is 11.9. The molecule has 2 heterocycles. The molecule has 0 saturated carbocycles. The zero-order chi connectivity index (χ0) is 17.6. The highest BCUT2D eigenvalue weighted by atomic mass is 127. The van der Waals surface area contributed by atoms with Gasteiger partial charge in [0, 0.05) is 43.4 Å². The second-order valence-corrected chi connectivity index (χ2v) is 5.96. The van der Waals surface area contributed by atoms with Crippen LogP contribution in [0.4, 0.5) is 4.39 Å². The molecule has 1 aromatic carbocycles. The van der Waals surface area contributed by atoms with Gasteiger partial charge in [0.25, 0.3) is 0 Å². The van der Waals surface area contributed by atoms with Crippen LogP contribution in [0.15, 0.2) is 41.8 Å². The van der Waals surface area contributed by atoms with Gasteiger partial charge in [-0.3, -0.25) is 9.67 Å². The Balaban J connectivity index is 0.00000243. The highest BCUT2D eigenvalue weighted by Crippen LogP contribution is 2.19. The Labute approximate surface area is 169 Å². The molecule has 0 aliphatic heterocycles. The predicted molar refractivity (Wildman–Crippen MR) is 114 cm³/mol. The molecule has 3 N–H and O–H groups in total. The molecule has 0 spiro atoms. The number of aromatic amines is 1. The third-order valence-corrected chi connectivity index (χ3v) is 4.04. The minimum absolute atomic E-state index is 0. The number of aliphatic imine (C=N–C) groups is 1. The molecule has 3 aromatic rings. The minimum Gasteiger partial charge on any atom is -0.361 e. The summed E-state index contributed by atoms with van der Waals surface area (Å²) < 4.78 is 15.1. The van der Waals surface area contributed by atoms with Crippen molar-refractivity contribution >= 4 is 40.8 Å². The molecule has 6 nitrogen and oxygen atoms in total. The number of hydrogen-bond donors (Lipinski definition) is 3. The third kappa shape index (κ3) is 5.20. The van der Waals surface area contributed by atoms with E-state index in [2.05, 4.69) is 25.7 Å². The van der Waals surface area contributed by atoms with Gasteiger partial charge < -0.3 is 15.6 Å². The molecule has 0 amide bonds. The molecule has 0 aliphatic rings. The van der Waals surface area contributed by atoms with Crippen molar-refractivity contribution in [1.82, 2.24) is 25.4 Å². The number of nitrogens with one attached hydrogen (secondary N) is 3.